The van der Waals surface area contributed by atoms with Gasteiger partial charge in [0.25, 0.3) is 0 Å². The molecule has 2 heterocycles. The smallest absolute Gasteiger partial charge is 0.356 e. The molecule has 0 saturated heterocycles. The second-order valence-corrected chi connectivity index (χ2v) is 4.93. The fourth-order valence-electron chi connectivity index (χ4n) is 1.96. The molecule has 0 amide bonds. The number of nitrogens with one attached hydrogen (secondary N) is 1. The Morgan fingerprint density at radius 2 is 2.00 bits per heavy atom. The number of carbonyl (C=O) groups excluding carboxylic acids is 1. The highest BCUT2D eigenvalue weighted by atomic mass is 16.5. The normalized spacial score (nSPS) is 10.5. The quantitative estimate of drug-likeness (QED) is 0.705. The van der Waals surface area contributed by atoms with Gasteiger partial charge in [0.05, 0.1) is 0 Å². The summed E-state index contributed by atoms with van der Waals surface area (Å²) >= 11 is 0. The van der Waals surface area contributed by atoms with E-state index in [0.717, 1.165) is 17.1 Å². The van der Waals surface area contributed by atoms with E-state index in [-0.39, 0.29) is 6.61 Å². The molecular weight excluding hydrogens is 296 g/mol. The summed E-state index contributed by atoms with van der Waals surface area (Å²) in [7, 11) is 1.92. The van der Waals surface area contributed by atoms with Crippen LogP contribution >= 0.6 is 0 Å². The van der Waals surface area contributed by atoms with Crippen molar-refractivity contribution in [2.24, 2.45) is 7.05 Å². The third kappa shape index (κ3) is 3.76. The molecule has 1 N–H and O–H groups in total. The number of aromatic amines is 1. The standard InChI is InChI=1S/C16H16N4O3/c1-20-9-8-17-15(20)11-22-13-4-2-12(3-5-13)10-23-16(21)14-6-7-18-19-14/h2-9H,10-11H2,1H3,(H,18,19). The van der Waals surface area contributed by atoms with E-state index < -0.39 is 5.97 Å². The second-order valence-electron chi connectivity index (χ2n) is 4.93. The number of ether oxygens (including phenoxy) is 2. The number of benzene rings is 1. The molecule has 0 aliphatic heterocycles. The molecule has 0 unspecified atom stereocenters. The summed E-state index contributed by atoms with van der Waals surface area (Å²) in [5.41, 5.74) is 1.21. The molecule has 0 bridgehead atoms. The molecule has 2 aromatic heterocycles. The maximum atomic E-state index is 11.7. The Kier molecular flexibility index (Phi) is 4.37. The van der Waals surface area contributed by atoms with Crippen LogP contribution in [0.3, 0.4) is 0 Å². The SMILES string of the molecule is Cn1ccnc1COc1ccc(COC(=O)c2ccn[nH]2)cc1. The molecule has 3 rings (SSSR count). The lowest BCUT2D eigenvalue weighted by Gasteiger charge is -2.08. The number of hydrogen-bond donors (Lipinski definition) is 1. The molecule has 0 fully saturated rings. The summed E-state index contributed by atoms with van der Waals surface area (Å²) in [6.07, 6.45) is 5.11. The van der Waals surface area contributed by atoms with Crippen molar-refractivity contribution in [3.63, 3.8) is 0 Å². The molecule has 118 valence electrons. The van der Waals surface area contributed by atoms with Crippen LogP contribution in [-0.4, -0.2) is 25.7 Å². The maximum absolute atomic E-state index is 11.7. The number of aryl methyl sites for hydroxylation is 1. The highest BCUT2D eigenvalue weighted by Gasteiger charge is 2.08. The largest absolute Gasteiger partial charge is 0.486 e. The third-order valence-corrected chi connectivity index (χ3v) is 3.30. The van der Waals surface area contributed by atoms with Crippen LogP contribution in [0.5, 0.6) is 5.75 Å². The van der Waals surface area contributed by atoms with Gasteiger partial charge in [-0.05, 0) is 23.8 Å². The molecule has 0 spiro atoms. The summed E-state index contributed by atoms with van der Waals surface area (Å²) < 4.78 is 12.8. The molecular formula is C16H16N4O3. The van der Waals surface area contributed by atoms with Crippen LogP contribution in [0, 0.1) is 0 Å². The highest BCUT2D eigenvalue weighted by Crippen LogP contribution is 2.14. The molecule has 0 aliphatic carbocycles. The highest BCUT2D eigenvalue weighted by molar-refractivity contribution is 5.86. The summed E-state index contributed by atoms with van der Waals surface area (Å²) in [4.78, 5) is 15.9. The molecule has 0 aliphatic rings. The van der Waals surface area contributed by atoms with Gasteiger partial charge < -0.3 is 14.0 Å². The Labute approximate surface area is 132 Å². The Morgan fingerprint density at radius 1 is 1.17 bits per heavy atom. The first-order valence-electron chi connectivity index (χ1n) is 7.07. The van der Waals surface area contributed by atoms with Crippen molar-refractivity contribution in [3.8, 4) is 5.75 Å². The van der Waals surface area contributed by atoms with Crippen molar-refractivity contribution in [2.75, 3.05) is 0 Å². The van der Waals surface area contributed by atoms with E-state index in [9.17, 15) is 4.79 Å². The molecule has 0 atom stereocenters. The molecule has 3 aromatic rings. The van der Waals surface area contributed by atoms with Crippen LogP contribution in [0.15, 0.2) is 48.9 Å². The minimum Gasteiger partial charge on any atom is -0.486 e. The van der Waals surface area contributed by atoms with Gasteiger partial charge in [0.15, 0.2) is 0 Å². The molecule has 0 radical (unpaired) electrons. The van der Waals surface area contributed by atoms with E-state index >= 15 is 0 Å². The van der Waals surface area contributed by atoms with Gasteiger partial charge in [0, 0.05) is 25.6 Å². The first-order chi connectivity index (χ1) is 11.2. The first-order valence-corrected chi connectivity index (χ1v) is 7.07. The van der Waals surface area contributed by atoms with Crippen molar-refractivity contribution < 1.29 is 14.3 Å². The average molecular weight is 312 g/mol. The van der Waals surface area contributed by atoms with Gasteiger partial charge in [-0.1, -0.05) is 12.1 Å². The molecule has 0 saturated carbocycles. The Balaban J connectivity index is 1.51. The number of nitrogens with zero attached hydrogens (tertiary/aromatic N) is 3. The summed E-state index contributed by atoms with van der Waals surface area (Å²) in [6, 6.07) is 8.95. The van der Waals surface area contributed by atoms with E-state index in [0.29, 0.717) is 12.3 Å². The van der Waals surface area contributed by atoms with E-state index in [1.807, 2.05) is 42.1 Å². The maximum Gasteiger partial charge on any atom is 0.356 e. The van der Waals surface area contributed by atoms with Crippen LogP contribution in [-0.2, 0) is 25.0 Å². The van der Waals surface area contributed by atoms with E-state index in [2.05, 4.69) is 15.2 Å². The van der Waals surface area contributed by atoms with Crippen molar-refractivity contribution in [1.29, 1.82) is 0 Å². The zero-order valence-corrected chi connectivity index (χ0v) is 12.6. The minimum atomic E-state index is -0.433. The molecule has 1 aromatic carbocycles. The lowest BCUT2D eigenvalue weighted by Crippen LogP contribution is -2.06. The average Bonchev–Trinajstić information content (AvgIpc) is 3.23. The molecule has 7 nitrogen and oxygen atoms in total. The van der Waals surface area contributed by atoms with Crippen molar-refractivity contribution in [2.45, 2.75) is 13.2 Å². The fourth-order valence-corrected chi connectivity index (χ4v) is 1.96. The van der Waals surface area contributed by atoms with Crippen LogP contribution in [0.25, 0.3) is 0 Å². The van der Waals surface area contributed by atoms with Gasteiger partial charge in [-0.2, -0.15) is 5.10 Å². The zero-order valence-electron chi connectivity index (χ0n) is 12.6. The zero-order chi connectivity index (χ0) is 16.1. The van der Waals surface area contributed by atoms with Gasteiger partial charge in [0.2, 0.25) is 0 Å². The second kappa shape index (κ2) is 6.78. The van der Waals surface area contributed by atoms with Crippen molar-refractivity contribution >= 4 is 5.97 Å². The number of hydrogen-bond acceptors (Lipinski definition) is 5. The lowest BCUT2D eigenvalue weighted by atomic mass is 10.2. The first kappa shape index (κ1) is 14.8. The fraction of sp³-hybridized carbons (Fsp3) is 0.188. The van der Waals surface area contributed by atoms with Gasteiger partial charge in [-0.15, -0.1) is 0 Å². The van der Waals surface area contributed by atoms with Crippen molar-refractivity contribution in [3.05, 3.63) is 66.0 Å². The number of esters is 1. The predicted molar refractivity (Wildman–Crippen MR) is 81.7 cm³/mol. The summed E-state index contributed by atoms with van der Waals surface area (Å²) in [6.45, 7) is 0.592. The van der Waals surface area contributed by atoms with Gasteiger partial charge in [0.1, 0.15) is 30.5 Å². The van der Waals surface area contributed by atoms with Gasteiger partial charge >= 0.3 is 5.97 Å². The Bertz CT molecular complexity index is 763. The van der Waals surface area contributed by atoms with Crippen LogP contribution in [0.4, 0.5) is 0 Å². The van der Waals surface area contributed by atoms with Crippen LogP contribution in [0.1, 0.15) is 21.9 Å². The molecule has 7 heteroatoms. The van der Waals surface area contributed by atoms with Gasteiger partial charge in [-0.3, -0.25) is 5.10 Å². The number of imidazole rings is 1. The van der Waals surface area contributed by atoms with E-state index in [1.165, 1.54) is 6.20 Å². The number of carbonyl (C=O) groups is 1. The summed E-state index contributed by atoms with van der Waals surface area (Å²) in [5.74, 6) is 1.15. The third-order valence-electron chi connectivity index (χ3n) is 3.30. The lowest BCUT2D eigenvalue weighted by molar-refractivity contribution is 0.0465. The van der Waals surface area contributed by atoms with Crippen LogP contribution < -0.4 is 4.74 Å². The Morgan fingerprint density at radius 3 is 2.65 bits per heavy atom. The predicted octanol–water partition coefficient (Wildman–Crippen LogP) is 2.08. The number of H-pyrrole nitrogens is 1. The topological polar surface area (TPSA) is 82.0 Å². The monoisotopic (exact) mass is 312 g/mol. The van der Waals surface area contributed by atoms with Crippen LogP contribution in [0.2, 0.25) is 0 Å². The van der Waals surface area contributed by atoms with Gasteiger partial charge in [-0.25, -0.2) is 9.78 Å². The molecule has 23 heavy (non-hydrogen) atoms. The number of rotatable bonds is 6. The van der Waals surface area contributed by atoms with Crippen molar-refractivity contribution in [1.82, 2.24) is 19.7 Å². The summed E-state index contributed by atoms with van der Waals surface area (Å²) in [5, 5.41) is 6.27. The Hall–Kier alpha value is -3.09. The van der Waals surface area contributed by atoms with E-state index in [4.69, 9.17) is 9.47 Å². The number of aromatic nitrogens is 4. The minimum absolute atomic E-state index is 0.192. The van der Waals surface area contributed by atoms with E-state index in [1.54, 1.807) is 12.3 Å².